The molecule has 0 aliphatic heterocycles. The summed E-state index contributed by atoms with van der Waals surface area (Å²) in [5.74, 6) is 0.0822. The molecule has 174 valence electrons. The number of anilines is 1. The summed E-state index contributed by atoms with van der Waals surface area (Å²) in [6.45, 7) is 9.85. The Kier molecular flexibility index (Phi) is 7.59. The Morgan fingerprint density at radius 1 is 0.848 bits per heavy atom. The first-order valence-electron chi connectivity index (χ1n) is 11.1. The quantitative estimate of drug-likeness (QED) is 0.434. The van der Waals surface area contributed by atoms with E-state index in [-0.39, 0.29) is 16.8 Å². The highest BCUT2D eigenvalue weighted by Crippen LogP contribution is 2.25. The fraction of sp³-hybridized carbons (Fsp3) is 0.296. The molecule has 33 heavy (non-hydrogen) atoms. The minimum atomic E-state index is -3.86. The smallest absolute Gasteiger partial charge is 0.262 e. The monoisotopic (exact) mass is 464 g/mol. The van der Waals surface area contributed by atoms with Crippen molar-refractivity contribution in [2.75, 3.05) is 4.72 Å². The van der Waals surface area contributed by atoms with Gasteiger partial charge in [-0.1, -0.05) is 56.3 Å². The van der Waals surface area contributed by atoms with Crippen LogP contribution in [-0.2, 0) is 10.0 Å². The third kappa shape index (κ3) is 6.23. The van der Waals surface area contributed by atoms with E-state index in [0.29, 0.717) is 22.7 Å². The van der Waals surface area contributed by atoms with Gasteiger partial charge >= 0.3 is 0 Å². The third-order valence-electron chi connectivity index (χ3n) is 5.71. The van der Waals surface area contributed by atoms with Crippen molar-refractivity contribution >= 4 is 21.6 Å². The zero-order valence-corrected chi connectivity index (χ0v) is 20.7. The lowest BCUT2D eigenvalue weighted by Gasteiger charge is -2.21. The molecule has 0 saturated carbocycles. The van der Waals surface area contributed by atoms with E-state index in [9.17, 15) is 13.2 Å². The summed E-state index contributed by atoms with van der Waals surface area (Å²) in [6.07, 6.45) is 0.779. The molecule has 1 amide bonds. The largest absolute Gasteiger partial charge is 0.345 e. The van der Waals surface area contributed by atoms with Crippen LogP contribution in [0.2, 0.25) is 0 Å². The van der Waals surface area contributed by atoms with Gasteiger partial charge in [0.2, 0.25) is 0 Å². The molecule has 3 aromatic rings. The van der Waals surface area contributed by atoms with E-state index in [1.165, 1.54) is 6.07 Å². The second-order valence-corrected chi connectivity index (χ2v) is 10.6. The predicted octanol–water partition coefficient (Wildman–Crippen LogP) is 5.93. The Balaban J connectivity index is 1.87. The molecule has 1 unspecified atom stereocenters. The molecule has 0 spiro atoms. The van der Waals surface area contributed by atoms with Crippen LogP contribution in [0, 0.1) is 26.7 Å². The van der Waals surface area contributed by atoms with Crippen LogP contribution in [0.1, 0.15) is 58.9 Å². The van der Waals surface area contributed by atoms with Crippen LogP contribution in [0.3, 0.4) is 0 Å². The molecular formula is C27H32N2O3S. The summed E-state index contributed by atoms with van der Waals surface area (Å²) in [5.41, 5.74) is 4.49. The highest BCUT2D eigenvalue weighted by molar-refractivity contribution is 7.92. The maximum atomic E-state index is 13.1. The molecule has 5 nitrogen and oxygen atoms in total. The van der Waals surface area contributed by atoms with Crippen molar-refractivity contribution in [1.29, 1.82) is 0 Å². The Bertz CT molecular complexity index is 1240. The molecule has 0 fully saturated rings. The van der Waals surface area contributed by atoms with Crippen LogP contribution in [0.15, 0.2) is 71.6 Å². The van der Waals surface area contributed by atoms with Crippen LogP contribution in [0.5, 0.6) is 0 Å². The number of sulfonamides is 1. The minimum absolute atomic E-state index is 0.0912. The van der Waals surface area contributed by atoms with E-state index < -0.39 is 10.0 Å². The third-order valence-corrected chi connectivity index (χ3v) is 7.24. The second-order valence-electron chi connectivity index (χ2n) is 8.95. The van der Waals surface area contributed by atoms with Gasteiger partial charge in [-0.25, -0.2) is 8.42 Å². The lowest BCUT2D eigenvalue weighted by Crippen LogP contribution is -2.29. The molecular weight excluding hydrogens is 432 g/mol. The van der Waals surface area contributed by atoms with Crippen LogP contribution >= 0.6 is 0 Å². The van der Waals surface area contributed by atoms with Gasteiger partial charge in [-0.15, -0.1) is 0 Å². The SMILES string of the molecule is Cc1ccc(NS(=O)(=O)c2cc(C(=O)NC(CC(C)C)c3ccccc3)ccc2C)cc1C. The van der Waals surface area contributed by atoms with Gasteiger partial charge in [0.05, 0.1) is 10.9 Å². The van der Waals surface area contributed by atoms with E-state index in [2.05, 4.69) is 23.9 Å². The van der Waals surface area contributed by atoms with Gasteiger partial charge in [0.15, 0.2) is 0 Å². The summed E-state index contributed by atoms with van der Waals surface area (Å²) < 4.78 is 28.9. The Hall–Kier alpha value is -3.12. The first kappa shape index (κ1) is 24.5. The van der Waals surface area contributed by atoms with Gasteiger partial charge in [-0.2, -0.15) is 0 Å². The summed E-state index contributed by atoms with van der Waals surface area (Å²) in [7, 11) is -3.86. The zero-order valence-electron chi connectivity index (χ0n) is 19.8. The molecule has 0 aromatic heterocycles. The highest BCUT2D eigenvalue weighted by atomic mass is 32.2. The molecule has 0 aliphatic carbocycles. The van der Waals surface area contributed by atoms with Crippen LogP contribution in [0.4, 0.5) is 5.69 Å². The van der Waals surface area contributed by atoms with Crippen molar-refractivity contribution < 1.29 is 13.2 Å². The zero-order chi connectivity index (χ0) is 24.2. The number of hydrogen-bond acceptors (Lipinski definition) is 3. The van der Waals surface area contributed by atoms with Gasteiger partial charge in [-0.3, -0.25) is 9.52 Å². The van der Waals surface area contributed by atoms with E-state index in [1.54, 1.807) is 31.2 Å². The van der Waals surface area contributed by atoms with Crippen molar-refractivity contribution in [3.63, 3.8) is 0 Å². The lowest BCUT2D eigenvalue weighted by molar-refractivity contribution is 0.0931. The molecule has 0 radical (unpaired) electrons. The molecule has 0 saturated heterocycles. The lowest BCUT2D eigenvalue weighted by atomic mass is 9.96. The van der Waals surface area contributed by atoms with Crippen molar-refractivity contribution in [3.8, 4) is 0 Å². The molecule has 0 bridgehead atoms. The number of amides is 1. The molecule has 0 aliphatic rings. The van der Waals surface area contributed by atoms with Gasteiger partial charge in [-0.05, 0) is 79.6 Å². The number of hydrogen-bond donors (Lipinski definition) is 2. The first-order valence-corrected chi connectivity index (χ1v) is 12.6. The van der Waals surface area contributed by atoms with Crippen LogP contribution in [-0.4, -0.2) is 14.3 Å². The first-order chi connectivity index (χ1) is 15.6. The maximum Gasteiger partial charge on any atom is 0.262 e. The summed E-state index contributed by atoms with van der Waals surface area (Å²) in [6, 6.07) is 19.9. The number of benzene rings is 3. The average molecular weight is 465 g/mol. The van der Waals surface area contributed by atoms with Gasteiger partial charge in [0, 0.05) is 11.3 Å². The maximum absolute atomic E-state index is 13.1. The Morgan fingerprint density at radius 2 is 1.52 bits per heavy atom. The summed E-state index contributed by atoms with van der Waals surface area (Å²) in [5, 5.41) is 3.09. The van der Waals surface area contributed by atoms with E-state index >= 15 is 0 Å². The van der Waals surface area contributed by atoms with Crippen molar-refractivity contribution in [2.45, 2.75) is 52.0 Å². The van der Waals surface area contributed by atoms with E-state index in [0.717, 1.165) is 23.1 Å². The van der Waals surface area contributed by atoms with E-state index in [1.807, 2.05) is 50.2 Å². The Labute approximate surface area is 197 Å². The molecule has 1 atom stereocenters. The fourth-order valence-corrected chi connectivity index (χ4v) is 5.04. The van der Waals surface area contributed by atoms with Crippen molar-refractivity contribution in [2.24, 2.45) is 5.92 Å². The molecule has 6 heteroatoms. The molecule has 2 N–H and O–H groups in total. The average Bonchev–Trinajstić information content (AvgIpc) is 2.76. The van der Waals surface area contributed by atoms with E-state index in [4.69, 9.17) is 0 Å². The molecule has 3 rings (SSSR count). The predicted molar refractivity (Wildman–Crippen MR) is 134 cm³/mol. The normalized spacial score (nSPS) is 12.4. The highest BCUT2D eigenvalue weighted by Gasteiger charge is 2.22. The minimum Gasteiger partial charge on any atom is -0.345 e. The van der Waals surface area contributed by atoms with Gasteiger partial charge < -0.3 is 5.32 Å². The number of aryl methyl sites for hydroxylation is 3. The summed E-state index contributed by atoms with van der Waals surface area (Å²) in [4.78, 5) is 13.2. The number of carbonyl (C=O) groups excluding carboxylic acids is 1. The van der Waals surface area contributed by atoms with Crippen LogP contribution < -0.4 is 10.0 Å². The van der Waals surface area contributed by atoms with Gasteiger partial charge in [0.25, 0.3) is 15.9 Å². The molecule has 0 heterocycles. The summed E-state index contributed by atoms with van der Waals surface area (Å²) >= 11 is 0. The fourth-order valence-electron chi connectivity index (χ4n) is 3.72. The second kappa shape index (κ2) is 10.2. The van der Waals surface area contributed by atoms with Crippen molar-refractivity contribution in [3.05, 3.63) is 94.5 Å². The topological polar surface area (TPSA) is 75.3 Å². The molecule has 3 aromatic carbocycles. The Morgan fingerprint density at radius 3 is 2.15 bits per heavy atom. The number of nitrogens with one attached hydrogen (secondary N) is 2. The van der Waals surface area contributed by atoms with Crippen LogP contribution in [0.25, 0.3) is 0 Å². The standard InChI is InChI=1S/C27H32N2O3S/c1-18(2)15-25(22-9-7-6-8-10-22)28-27(30)23-13-11-20(4)26(17-23)33(31,32)29-24-14-12-19(3)21(5)16-24/h6-14,16-18,25,29H,15H2,1-5H3,(H,28,30). The number of rotatable bonds is 8. The van der Waals surface area contributed by atoms with Crippen molar-refractivity contribution in [1.82, 2.24) is 5.32 Å². The number of carbonyl (C=O) groups is 1. The van der Waals surface area contributed by atoms with Gasteiger partial charge in [0.1, 0.15) is 0 Å².